The molecule has 1 saturated carbocycles. The van der Waals surface area contributed by atoms with Crippen molar-refractivity contribution in [2.45, 2.75) is 25.4 Å². The quantitative estimate of drug-likeness (QED) is 0.387. The first-order valence-corrected chi connectivity index (χ1v) is 11.3. The number of anilines is 2. The molecule has 0 radical (unpaired) electrons. The molecule has 2 N–H and O–H groups in total. The topological polar surface area (TPSA) is 89.1 Å². The molecule has 34 heavy (non-hydrogen) atoms. The maximum absolute atomic E-state index is 12.2. The Labute approximate surface area is 196 Å². The summed E-state index contributed by atoms with van der Waals surface area (Å²) in [5, 5.41) is 15.3. The third kappa shape index (κ3) is 4.25. The van der Waals surface area contributed by atoms with E-state index in [2.05, 4.69) is 33.0 Å². The molecule has 0 spiro atoms. The predicted octanol–water partition coefficient (Wildman–Crippen LogP) is 4.28. The van der Waals surface area contributed by atoms with Crippen molar-refractivity contribution in [3.05, 3.63) is 96.4 Å². The largest absolute Gasteiger partial charge is 0.349 e. The van der Waals surface area contributed by atoms with E-state index in [1.165, 1.54) is 5.56 Å². The van der Waals surface area contributed by atoms with Gasteiger partial charge in [-0.15, -0.1) is 5.10 Å². The Morgan fingerprint density at radius 2 is 1.82 bits per heavy atom. The van der Waals surface area contributed by atoms with Gasteiger partial charge in [0, 0.05) is 40.8 Å². The number of carbonyl (C=O) groups excluding carboxylic acids is 1. The molecular formula is C26H23N7O. The summed E-state index contributed by atoms with van der Waals surface area (Å²) < 4.78 is 3.67. The highest BCUT2D eigenvalue weighted by molar-refractivity contribution is 5.95. The van der Waals surface area contributed by atoms with Crippen molar-refractivity contribution in [2.24, 2.45) is 0 Å². The number of pyridine rings is 1. The maximum Gasteiger partial charge on any atom is 0.251 e. The second-order valence-electron chi connectivity index (χ2n) is 8.49. The molecule has 168 valence electrons. The van der Waals surface area contributed by atoms with Gasteiger partial charge in [-0.2, -0.15) is 10.1 Å². The van der Waals surface area contributed by atoms with Crippen molar-refractivity contribution in [1.29, 1.82) is 0 Å². The Balaban J connectivity index is 1.21. The number of benzene rings is 2. The normalized spacial score (nSPS) is 13.2. The van der Waals surface area contributed by atoms with E-state index in [9.17, 15) is 4.79 Å². The summed E-state index contributed by atoms with van der Waals surface area (Å²) in [7, 11) is 0. The van der Waals surface area contributed by atoms with Crippen molar-refractivity contribution in [3.8, 4) is 11.1 Å². The first kappa shape index (κ1) is 20.2. The molecule has 0 atom stereocenters. The van der Waals surface area contributed by atoms with Crippen LogP contribution in [0.2, 0.25) is 0 Å². The molecule has 0 bridgehead atoms. The van der Waals surface area contributed by atoms with Crippen molar-refractivity contribution in [1.82, 2.24) is 29.7 Å². The first-order chi connectivity index (χ1) is 16.7. The lowest BCUT2D eigenvalue weighted by molar-refractivity contribution is 0.0951. The van der Waals surface area contributed by atoms with Crippen molar-refractivity contribution < 1.29 is 4.79 Å². The second kappa shape index (κ2) is 8.47. The SMILES string of the molecule is O=C(NC1CC1)c1ccc(Nc2nc3c(-c4cnn(Cc5ccccc5)c4)cccn3n2)cc1. The van der Waals surface area contributed by atoms with E-state index in [0.29, 0.717) is 24.1 Å². The third-order valence-corrected chi connectivity index (χ3v) is 5.81. The van der Waals surface area contributed by atoms with Crippen LogP contribution in [-0.2, 0) is 6.54 Å². The van der Waals surface area contributed by atoms with E-state index in [1.807, 2.05) is 77.9 Å². The number of fused-ring (bicyclic) bond motifs is 1. The van der Waals surface area contributed by atoms with Crippen LogP contribution in [0.15, 0.2) is 85.3 Å². The Bertz CT molecular complexity index is 1450. The van der Waals surface area contributed by atoms with Crippen molar-refractivity contribution >= 4 is 23.2 Å². The number of amides is 1. The Morgan fingerprint density at radius 3 is 2.62 bits per heavy atom. The third-order valence-electron chi connectivity index (χ3n) is 5.81. The molecule has 6 rings (SSSR count). The molecule has 2 aromatic carbocycles. The van der Waals surface area contributed by atoms with Gasteiger partial charge in [-0.3, -0.25) is 9.48 Å². The molecule has 0 aliphatic heterocycles. The summed E-state index contributed by atoms with van der Waals surface area (Å²) in [5.74, 6) is 0.455. The number of rotatable bonds is 7. The fraction of sp³-hybridized carbons (Fsp3) is 0.154. The van der Waals surface area contributed by atoms with E-state index >= 15 is 0 Å². The standard InChI is InChI=1S/C26H23N7O/c34-25(28-21-12-13-21)19-8-10-22(11-9-19)29-26-30-24-23(7-4-14-33(24)31-26)20-15-27-32(17-20)16-18-5-2-1-3-6-18/h1-11,14-15,17,21H,12-13,16H2,(H,28,34)(H,29,31). The lowest BCUT2D eigenvalue weighted by atomic mass is 10.1. The minimum Gasteiger partial charge on any atom is -0.349 e. The van der Waals surface area contributed by atoms with E-state index in [1.54, 1.807) is 4.52 Å². The highest BCUT2D eigenvalue weighted by atomic mass is 16.1. The fourth-order valence-corrected chi connectivity index (χ4v) is 3.87. The Morgan fingerprint density at radius 1 is 1.00 bits per heavy atom. The monoisotopic (exact) mass is 449 g/mol. The van der Waals surface area contributed by atoms with Crippen LogP contribution in [0.1, 0.15) is 28.8 Å². The number of hydrogen-bond acceptors (Lipinski definition) is 5. The zero-order valence-electron chi connectivity index (χ0n) is 18.4. The van der Waals surface area contributed by atoms with Crippen LogP contribution < -0.4 is 10.6 Å². The van der Waals surface area contributed by atoms with E-state index < -0.39 is 0 Å². The highest BCUT2D eigenvalue weighted by Gasteiger charge is 2.23. The molecule has 0 unspecified atom stereocenters. The molecule has 1 amide bonds. The van der Waals surface area contributed by atoms with E-state index in [-0.39, 0.29) is 5.91 Å². The first-order valence-electron chi connectivity index (χ1n) is 11.3. The molecule has 3 aromatic heterocycles. The number of nitrogens with one attached hydrogen (secondary N) is 2. The number of hydrogen-bond donors (Lipinski definition) is 2. The van der Waals surface area contributed by atoms with Crippen LogP contribution in [0.3, 0.4) is 0 Å². The molecule has 1 aliphatic carbocycles. The molecule has 0 saturated heterocycles. The number of nitrogens with zero attached hydrogens (tertiary/aromatic N) is 5. The molecule has 1 fully saturated rings. The lowest BCUT2D eigenvalue weighted by Crippen LogP contribution is -2.25. The minimum absolute atomic E-state index is 0.0302. The average molecular weight is 450 g/mol. The van der Waals surface area contributed by atoms with Crippen LogP contribution in [0, 0.1) is 0 Å². The molecule has 5 aromatic rings. The van der Waals surface area contributed by atoms with Gasteiger partial charge in [0.2, 0.25) is 5.95 Å². The maximum atomic E-state index is 12.2. The molecule has 3 heterocycles. The van der Waals surface area contributed by atoms with Gasteiger partial charge in [-0.05, 0) is 54.8 Å². The van der Waals surface area contributed by atoms with Gasteiger partial charge in [0.25, 0.3) is 5.91 Å². The van der Waals surface area contributed by atoms with E-state index in [0.717, 1.165) is 35.3 Å². The van der Waals surface area contributed by atoms with Gasteiger partial charge in [-0.25, -0.2) is 4.52 Å². The summed E-state index contributed by atoms with van der Waals surface area (Å²) in [6.07, 6.45) is 7.89. The Kier molecular flexibility index (Phi) is 5.03. The zero-order chi connectivity index (χ0) is 22.9. The number of carbonyl (C=O) groups is 1. The highest BCUT2D eigenvalue weighted by Crippen LogP contribution is 2.25. The number of aromatic nitrogens is 5. The van der Waals surface area contributed by atoms with Crippen molar-refractivity contribution in [2.75, 3.05) is 5.32 Å². The average Bonchev–Trinajstić information content (AvgIpc) is 3.38. The molecule has 1 aliphatic rings. The minimum atomic E-state index is -0.0302. The lowest BCUT2D eigenvalue weighted by Gasteiger charge is -2.05. The van der Waals surface area contributed by atoms with Crippen LogP contribution in [-0.4, -0.2) is 36.3 Å². The summed E-state index contributed by atoms with van der Waals surface area (Å²) in [6.45, 7) is 0.706. The van der Waals surface area contributed by atoms with E-state index in [4.69, 9.17) is 4.98 Å². The second-order valence-corrected chi connectivity index (χ2v) is 8.49. The van der Waals surface area contributed by atoms with Gasteiger partial charge in [0.05, 0.1) is 12.7 Å². The predicted molar refractivity (Wildman–Crippen MR) is 130 cm³/mol. The molecule has 8 heteroatoms. The van der Waals surface area contributed by atoms with Gasteiger partial charge >= 0.3 is 0 Å². The van der Waals surface area contributed by atoms with Crippen LogP contribution in [0.25, 0.3) is 16.8 Å². The summed E-state index contributed by atoms with van der Waals surface area (Å²) in [4.78, 5) is 16.9. The van der Waals surface area contributed by atoms with Crippen LogP contribution >= 0.6 is 0 Å². The van der Waals surface area contributed by atoms with Crippen LogP contribution in [0.4, 0.5) is 11.6 Å². The van der Waals surface area contributed by atoms with Crippen molar-refractivity contribution in [3.63, 3.8) is 0 Å². The molecular weight excluding hydrogens is 426 g/mol. The summed E-state index contributed by atoms with van der Waals surface area (Å²) >= 11 is 0. The smallest absolute Gasteiger partial charge is 0.251 e. The zero-order valence-corrected chi connectivity index (χ0v) is 18.4. The van der Waals surface area contributed by atoms with Crippen LogP contribution in [0.5, 0.6) is 0 Å². The summed E-state index contributed by atoms with van der Waals surface area (Å²) in [6, 6.07) is 21.9. The Hall–Kier alpha value is -4.46. The fourth-order valence-electron chi connectivity index (χ4n) is 3.87. The van der Waals surface area contributed by atoms with Gasteiger partial charge in [0.15, 0.2) is 5.65 Å². The van der Waals surface area contributed by atoms with Gasteiger partial charge < -0.3 is 10.6 Å². The van der Waals surface area contributed by atoms with Gasteiger partial charge in [-0.1, -0.05) is 30.3 Å². The van der Waals surface area contributed by atoms with Gasteiger partial charge in [0.1, 0.15) is 0 Å². The summed E-state index contributed by atoms with van der Waals surface area (Å²) in [5.41, 5.74) is 5.33. The molecule has 8 nitrogen and oxygen atoms in total.